The van der Waals surface area contributed by atoms with E-state index in [1.165, 1.54) is 16.7 Å². The molecule has 28 heavy (non-hydrogen) atoms. The van der Waals surface area contributed by atoms with Crippen LogP contribution in [0.3, 0.4) is 0 Å². The molecule has 0 heterocycles. The van der Waals surface area contributed by atoms with Gasteiger partial charge in [-0.05, 0) is 34.7 Å². The van der Waals surface area contributed by atoms with E-state index in [0.717, 1.165) is 28.0 Å². The van der Waals surface area contributed by atoms with Crippen molar-refractivity contribution in [1.29, 1.82) is 0 Å². The molecule has 0 aromatic heterocycles. The van der Waals surface area contributed by atoms with Gasteiger partial charge in [0.2, 0.25) is 0 Å². The fourth-order valence-corrected chi connectivity index (χ4v) is 3.51. The molecular formula is C27H23N. The lowest BCUT2D eigenvalue weighted by molar-refractivity contribution is 1.45. The van der Waals surface area contributed by atoms with Crippen molar-refractivity contribution < 1.29 is 0 Å². The highest BCUT2D eigenvalue weighted by atomic mass is 14.6. The van der Waals surface area contributed by atoms with E-state index in [2.05, 4.69) is 91.9 Å². The zero-order valence-corrected chi connectivity index (χ0v) is 16.0. The standard InChI is InChI=1S/C27H23N/c1-20-16-18-21(19-17-20)24-14-8-9-15-25(24)26(22-10-4-2-5-11-22)27(28)23-12-6-3-7-13-23/h2-19H,28H2,1H3. The molecule has 0 spiro atoms. The first-order chi connectivity index (χ1) is 13.7. The van der Waals surface area contributed by atoms with Gasteiger partial charge in [0, 0.05) is 11.3 Å². The molecular weight excluding hydrogens is 338 g/mol. The van der Waals surface area contributed by atoms with Crippen molar-refractivity contribution in [2.45, 2.75) is 6.92 Å². The van der Waals surface area contributed by atoms with Crippen LogP contribution < -0.4 is 5.73 Å². The molecule has 4 rings (SSSR count). The maximum atomic E-state index is 6.75. The second-order valence-corrected chi connectivity index (χ2v) is 6.93. The average Bonchev–Trinajstić information content (AvgIpc) is 2.76. The lowest BCUT2D eigenvalue weighted by atomic mass is 9.88. The molecule has 0 atom stereocenters. The summed E-state index contributed by atoms with van der Waals surface area (Å²) in [6.07, 6.45) is 0. The molecule has 4 aromatic rings. The van der Waals surface area contributed by atoms with Crippen LogP contribution in [0.15, 0.2) is 109 Å². The molecule has 0 unspecified atom stereocenters. The predicted octanol–water partition coefficient (Wildman–Crippen LogP) is 6.54. The second-order valence-electron chi connectivity index (χ2n) is 6.93. The molecule has 4 aromatic carbocycles. The van der Waals surface area contributed by atoms with Crippen molar-refractivity contribution in [3.05, 3.63) is 131 Å². The van der Waals surface area contributed by atoms with Gasteiger partial charge in [0.15, 0.2) is 0 Å². The zero-order valence-electron chi connectivity index (χ0n) is 16.0. The van der Waals surface area contributed by atoms with Gasteiger partial charge < -0.3 is 5.73 Å². The minimum atomic E-state index is 0.784. The van der Waals surface area contributed by atoms with E-state index in [-0.39, 0.29) is 0 Å². The Morgan fingerprint density at radius 3 is 1.75 bits per heavy atom. The van der Waals surface area contributed by atoms with Crippen LogP contribution in [0.25, 0.3) is 22.4 Å². The van der Waals surface area contributed by atoms with Crippen LogP contribution in [0.5, 0.6) is 0 Å². The molecule has 1 nitrogen and oxygen atoms in total. The van der Waals surface area contributed by atoms with Crippen LogP contribution in [-0.2, 0) is 0 Å². The highest BCUT2D eigenvalue weighted by molar-refractivity contribution is 6.01. The van der Waals surface area contributed by atoms with E-state index in [9.17, 15) is 0 Å². The Kier molecular flexibility index (Phi) is 5.07. The smallest absolute Gasteiger partial charge is 0.0473 e. The van der Waals surface area contributed by atoms with Crippen molar-refractivity contribution in [3.63, 3.8) is 0 Å². The topological polar surface area (TPSA) is 26.0 Å². The molecule has 0 bridgehead atoms. The van der Waals surface area contributed by atoms with E-state index in [1.54, 1.807) is 0 Å². The van der Waals surface area contributed by atoms with Crippen molar-refractivity contribution in [2.24, 2.45) is 5.73 Å². The molecule has 0 radical (unpaired) electrons. The molecule has 136 valence electrons. The third-order valence-corrected chi connectivity index (χ3v) is 4.98. The maximum absolute atomic E-state index is 6.75. The summed E-state index contributed by atoms with van der Waals surface area (Å²) in [6, 6.07) is 37.7. The Bertz CT molecular complexity index is 1090. The van der Waals surface area contributed by atoms with Crippen molar-refractivity contribution in [3.8, 4) is 11.1 Å². The average molecular weight is 361 g/mol. The minimum Gasteiger partial charge on any atom is -0.398 e. The summed E-state index contributed by atoms with van der Waals surface area (Å²) in [5, 5.41) is 0. The Hall–Kier alpha value is -3.58. The number of hydrogen-bond donors (Lipinski definition) is 1. The number of aryl methyl sites for hydroxylation is 1. The molecule has 0 saturated heterocycles. The van der Waals surface area contributed by atoms with E-state index in [0.29, 0.717) is 0 Å². The van der Waals surface area contributed by atoms with Gasteiger partial charge in [0.1, 0.15) is 0 Å². The lowest BCUT2D eigenvalue weighted by Gasteiger charge is -2.17. The first kappa shape index (κ1) is 17.8. The Labute approximate surface area is 166 Å². The van der Waals surface area contributed by atoms with Gasteiger partial charge in [0.25, 0.3) is 0 Å². The van der Waals surface area contributed by atoms with E-state index < -0.39 is 0 Å². The van der Waals surface area contributed by atoms with Crippen LogP contribution in [0.1, 0.15) is 22.3 Å². The summed E-state index contributed by atoms with van der Waals surface area (Å²) in [7, 11) is 0. The zero-order chi connectivity index (χ0) is 19.3. The first-order valence-electron chi connectivity index (χ1n) is 9.51. The van der Waals surface area contributed by atoms with Crippen LogP contribution in [0, 0.1) is 6.92 Å². The number of hydrogen-bond acceptors (Lipinski definition) is 1. The van der Waals surface area contributed by atoms with Gasteiger partial charge in [0.05, 0.1) is 0 Å². The Morgan fingerprint density at radius 1 is 0.571 bits per heavy atom. The van der Waals surface area contributed by atoms with Gasteiger partial charge in [-0.15, -0.1) is 0 Å². The molecule has 0 aliphatic heterocycles. The monoisotopic (exact) mass is 361 g/mol. The number of nitrogens with two attached hydrogens (primary N) is 1. The van der Waals surface area contributed by atoms with Gasteiger partial charge in [-0.3, -0.25) is 0 Å². The fraction of sp³-hybridized carbons (Fsp3) is 0.0370. The summed E-state index contributed by atoms with van der Waals surface area (Å²) in [4.78, 5) is 0. The molecule has 0 saturated carbocycles. The SMILES string of the molecule is Cc1ccc(-c2ccccc2C(=C(N)c2ccccc2)c2ccccc2)cc1. The van der Waals surface area contributed by atoms with Crippen molar-refractivity contribution in [1.82, 2.24) is 0 Å². The van der Waals surface area contributed by atoms with Crippen LogP contribution in [-0.4, -0.2) is 0 Å². The second kappa shape index (κ2) is 7.98. The summed E-state index contributed by atoms with van der Waals surface area (Å²) in [5.74, 6) is 0. The normalized spacial score (nSPS) is 11.8. The Balaban J connectivity index is 1.98. The summed E-state index contributed by atoms with van der Waals surface area (Å²) in [5.41, 5.74) is 15.5. The summed E-state index contributed by atoms with van der Waals surface area (Å²) < 4.78 is 0. The maximum Gasteiger partial charge on any atom is 0.0473 e. The highest BCUT2D eigenvalue weighted by Gasteiger charge is 2.15. The van der Waals surface area contributed by atoms with Gasteiger partial charge >= 0.3 is 0 Å². The van der Waals surface area contributed by atoms with Gasteiger partial charge in [-0.1, -0.05) is 115 Å². The molecule has 1 heteroatoms. The molecule has 0 amide bonds. The van der Waals surface area contributed by atoms with Crippen LogP contribution in [0.4, 0.5) is 0 Å². The Morgan fingerprint density at radius 2 is 1.11 bits per heavy atom. The summed E-state index contributed by atoms with van der Waals surface area (Å²) in [6.45, 7) is 2.11. The van der Waals surface area contributed by atoms with Crippen LogP contribution >= 0.6 is 0 Å². The quantitative estimate of drug-likeness (QED) is 0.410. The fourth-order valence-electron chi connectivity index (χ4n) is 3.51. The third kappa shape index (κ3) is 3.60. The minimum absolute atomic E-state index is 0.784. The lowest BCUT2D eigenvalue weighted by Crippen LogP contribution is -2.04. The predicted molar refractivity (Wildman–Crippen MR) is 120 cm³/mol. The molecule has 0 aliphatic carbocycles. The van der Waals surface area contributed by atoms with Crippen molar-refractivity contribution >= 4 is 11.3 Å². The molecule has 0 fully saturated rings. The third-order valence-electron chi connectivity index (χ3n) is 4.98. The van der Waals surface area contributed by atoms with Gasteiger partial charge in [-0.2, -0.15) is 0 Å². The first-order valence-corrected chi connectivity index (χ1v) is 9.51. The molecule has 2 N–H and O–H groups in total. The highest BCUT2D eigenvalue weighted by Crippen LogP contribution is 2.36. The van der Waals surface area contributed by atoms with E-state index >= 15 is 0 Å². The van der Waals surface area contributed by atoms with Crippen molar-refractivity contribution in [2.75, 3.05) is 0 Å². The summed E-state index contributed by atoms with van der Waals surface area (Å²) >= 11 is 0. The van der Waals surface area contributed by atoms with Crippen LogP contribution in [0.2, 0.25) is 0 Å². The number of rotatable bonds is 4. The molecule has 0 aliphatic rings. The van der Waals surface area contributed by atoms with Gasteiger partial charge in [-0.25, -0.2) is 0 Å². The largest absolute Gasteiger partial charge is 0.398 e. The number of benzene rings is 4. The van der Waals surface area contributed by atoms with E-state index in [1.807, 2.05) is 24.3 Å². The van der Waals surface area contributed by atoms with E-state index in [4.69, 9.17) is 5.73 Å².